The Balaban J connectivity index is 1.47. The highest BCUT2D eigenvalue weighted by Crippen LogP contribution is 2.29. The topological polar surface area (TPSA) is 104 Å². The van der Waals surface area contributed by atoms with Crippen molar-refractivity contribution >= 4 is 44.6 Å². The van der Waals surface area contributed by atoms with Gasteiger partial charge in [-0.15, -0.1) is 0 Å². The fraction of sp³-hybridized carbons (Fsp3) is 0.300. The average Bonchev–Trinajstić information content (AvgIpc) is 3.49. The Morgan fingerprint density at radius 1 is 1.20 bits per heavy atom. The molecular formula is C20H19ClFN3O4S. The van der Waals surface area contributed by atoms with Gasteiger partial charge in [-0.2, -0.15) is 0 Å². The van der Waals surface area contributed by atoms with Crippen molar-refractivity contribution in [2.24, 2.45) is 0 Å². The number of carbonyl (C=O) groups is 2. The van der Waals surface area contributed by atoms with Gasteiger partial charge >= 0.3 is 0 Å². The minimum absolute atomic E-state index is 0.0157. The molecule has 30 heavy (non-hydrogen) atoms. The van der Waals surface area contributed by atoms with Gasteiger partial charge in [0.1, 0.15) is 11.9 Å². The van der Waals surface area contributed by atoms with E-state index in [4.69, 9.17) is 11.6 Å². The number of hydrogen-bond donors (Lipinski definition) is 3. The van der Waals surface area contributed by atoms with Gasteiger partial charge in [-0.05, 0) is 43.2 Å². The van der Waals surface area contributed by atoms with E-state index in [1.54, 1.807) is 18.2 Å². The smallest absolute Gasteiger partial charge is 0.251 e. The van der Waals surface area contributed by atoms with Gasteiger partial charge < -0.3 is 16.0 Å². The SMILES string of the molecule is O=C(NC1CC1)c1ccc2c(c1)NC(=O)C(CS(=O)(=O)Cc1c(F)cccc1Cl)N2. The normalized spacial score (nSPS) is 18.2. The lowest BCUT2D eigenvalue weighted by atomic mass is 10.1. The van der Waals surface area contributed by atoms with E-state index < -0.39 is 39.1 Å². The Labute approximate surface area is 177 Å². The summed E-state index contributed by atoms with van der Waals surface area (Å²) in [6, 6.07) is 7.85. The Bertz CT molecular complexity index is 1110. The molecule has 2 aromatic carbocycles. The highest BCUT2D eigenvalue weighted by atomic mass is 35.5. The van der Waals surface area contributed by atoms with Crippen LogP contribution in [0.1, 0.15) is 28.8 Å². The molecule has 158 valence electrons. The summed E-state index contributed by atoms with van der Waals surface area (Å²) in [5.74, 6) is -2.63. The molecule has 2 aromatic rings. The van der Waals surface area contributed by atoms with E-state index in [0.717, 1.165) is 18.9 Å². The summed E-state index contributed by atoms with van der Waals surface area (Å²) >= 11 is 5.92. The summed E-state index contributed by atoms with van der Waals surface area (Å²) < 4.78 is 39.1. The maximum absolute atomic E-state index is 13.9. The van der Waals surface area contributed by atoms with Crippen molar-refractivity contribution in [2.45, 2.75) is 30.7 Å². The van der Waals surface area contributed by atoms with Crippen LogP contribution in [0, 0.1) is 5.82 Å². The molecule has 0 spiro atoms. The van der Waals surface area contributed by atoms with Gasteiger partial charge in [0.05, 0.1) is 22.9 Å². The Morgan fingerprint density at radius 3 is 2.67 bits per heavy atom. The van der Waals surface area contributed by atoms with Gasteiger partial charge in [-0.3, -0.25) is 9.59 Å². The van der Waals surface area contributed by atoms with Crippen molar-refractivity contribution in [2.75, 3.05) is 16.4 Å². The van der Waals surface area contributed by atoms with Gasteiger partial charge in [0.15, 0.2) is 9.84 Å². The summed E-state index contributed by atoms with van der Waals surface area (Å²) in [5.41, 5.74) is 1.18. The van der Waals surface area contributed by atoms with Crippen LogP contribution in [0.15, 0.2) is 36.4 Å². The van der Waals surface area contributed by atoms with Gasteiger partial charge in [-0.1, -0.05) is 17.7 Å². The molecule has 1 atom stereocenters. The largest absolute Gasteiger partial charge is 0.371 e. The summed E-state index contributed by atoms with van der Waals surface area (Å²) in [6.45, 7) is 0. The molecule has 0 bridgehead atoms. The number of fused-ring (bicyclic) bond motifs is 1. The maximum Gasteiger partial charge on any atom is 0.251 e. The minimum Gasteiger partial charge on any atom is -0.371 e. The molecule has 0 radical (unpaired) electrons. The third-order valence-corrected chi connectivity index (χ3v) is 6.87. The van der Waals surface area contributed by atoms with Crippen LogP contribution in [0.3, 0.4) is 0 Å². The Kier molecular flexibility index (Phi) is 5.42. The third-order valence-electron chi connectivity index (χ3n) is 4.94. The van der Waals surface area contributed by atoms with Crippen LogP contribution in [0.2, 0.25) is 5.02 Å². The van der Waals surface area contributed by atoms with Crippen LogP contribution in [-0.4, -0.2) is 38.1 Å². The van der Waals surface area contributed by atoms with Gasteiger partial charge in [0.25, 0.3) is 5.91 Å². The molecule has 1 saturated carbocycles. The van der Waals surface area contributed by atoms with Crippen molar-refractivity contribution in [3.63, 3.8) is 0 Å². The van der Waals surface area contributed by atoms with Crippen molar-refractivity contribution in [1.29, 1.82) is 0 Å². The summed E-state index contributed by atoms with van der Waals surface area (Å²) in [4.78, 5) is 24.6. The number of amides is 2. The first-order chi connectivity index (χ1) is 14.2. The minimum atomic E-state index is -3.85. The zero-order valence-electron chi connectivity index (χ0n) is 15.7. The third kappa shape index (κ3) is 4.57. The zero-order chi connectivity index (χ0) is 21.5. The van der Waals surface area contributed by atoms with Crippen LogP contribution in [-0.2, 0) is 20.4 Å². The quantitative estimate of drug-likeness (QED) is 0.626. The summed E-state index contributed by atoms with van der Waals surface area (Å²) in [5, 5.41) is 8.41. The first-order valence-corrected chi connectivity index (χ1v) is 11.6. The molecule has 0 aromatic heterocycles. The van der Waals surface area contributed by atoms with E-state index in [9.17, 15) is 22.4 Å². The number of nitrogens with one attached hydrogen (secondary N) is 3. The average molecular weight is 452 g/mol. The number of halogens is 2. The first-order valence-electron chi connectivity index (χ1n) is 9.37. The number of sulfone groups is 1. The lowest BCUT2D eigenvalue weighted by Crippen LogP contribution is -2.43. The van der Waals surface area contributed by atoms with E-state index in [1.807, 2.05) is 0 Å². The highest BCUT2D eigenvalue weighted by molar-refractivity contribution is 7.90. The fourth-order valence-electron chi connectivity index (χ4n) is 3.20. The number of benzene rings is 2. The molecule has 4 rings (SSSR count). The lowest BCUT2D eigenvalue weighted by molar-refractivity contribution is -0.116. The number of rotatable bonds is 6. The van der Waals surface area contributed by atoms with Crippen LogP contribution in [0.25, 0.3) is 0 Å². The summed E-state index contributed by atoms with van der Waals surface area (Å²) in [6.07, 6.45) is 1.92. The van der Waals surface area contributed by atoms with E-state index in [2.05, 4.69) is 16.0 Å². The second-order valence-corrected chi connectivity index (χ2v) is 9.97. The monoisotopic (exact) mass is 451 g/mol. The molecule has 1 fully saturated rings. The maximum atomic E-state index is 13.9. The molecule has 2 amide bonds. The van der Waals surface area contributed by atoms with Crippen LogP contribution >= 0.6 is 11.6 Å². The zero-order valence-corrected chi connectivity index (χ0v) is 17.3. The number of anilines is 2. The molecule has 1 aliphatic heterocycles. The van der Waals surface area contributed by atoms with E-state index in [1.165, 1.54) is 12.1 Å². The van der Waals surface area contributed by atoms with E-state index in [-0.39, 0.29) is 22.5 Å². The molecule has 1 heterocycles. The molecule has 10 heteroatoms. The lowest BCUT2D eigenvalue weighted by Gasteiger charge is -2.27. The first kappa shape index (κ1) is 20.6. The van der Waals surface area contributed by atoms with Crippen LogP contribution in [0.5, 0.6) is 0 Å². The second-order valence-electron chi connectivity index (χ2n) is 7.45. The van der Waals surface area contributed by atoms with Crippen LogP contribution < -0.4 is 16.0 Å². The molecule has 0 saturated heterocycles. The Morgan fingerprint density at radius 2 is 1.97 bits per heavy atom. The summed E-state index contributed by atoms with van der Waals surface area (Å²) in [7, 11) is -3.85. The predicted octanol–water partition coefficient (Wildman–Crippen LogP) is 2.72. The number of carbonyl (C=O) groups excluding carboxylic acids is 2. The van der Waals surface area contributed by atoms with Crippen molar-refractivity contribution in [3.8, 4) is 0 Å². The van der Waals surface area contributed by atoms with Gasteiger partial charge in [-0.25, -0.2) is 12.8 Å². The second kappa shape index (κ2) is 7.88. The predicted molar refractivity (Wildman–Crippen MR) is 112 cm³/mol. The molecular weight excluding hydrogens is 433 g/mol. The van der Waals surface area contributed by atoms with Crippen LogP contribution in [0.4, 0.5) is 15.8 Å². The Hall–Kier alpha value is -2.65. The van der Waals surface area contributed by atoms with E-state index >= 15 is 0 Å². The van der Waals surface area contributed by atoms with Crippen molar-refractivity contribution in [1.82, 2.24) is 5.32 Å². The van der Waals surface area contributed by atoms with Gasteiger partial charge in [0, 0.05) is 22.2 Å². The van der Waals surface area contributed by atoms with E-state index in [0.29, 0.717) is 16.9 Å². The molecule has 7 nitrogen and oxygen atoms in total. The fourth-order valence-corrected chi connectivity index (χ4v) is 5.11. The standard InChI is InChI=1S/C20H19ClFN3O4S/c21-14-2-1-3-15(22)13(14)9-30(28,29)10-18-20(27)25-17-8-11(4-7-16(17)24-18)19(26)23-12-5-6-12/h1-4,7-8,12,18,24H,5-6,9-10H2,(H,23,26)(H,25,27). The molecule has 1 aliphatic carbocycles. The molecule has 2 aliphatic rings. The molecule has 1 unspecified atom stereocenters. The highest BCUT2D eigenvalue weighted by Gasteiger charge is 2.32. The van der Waals surface area contributed by atoms with Crippen molar-refractivity contribution < 1.29 is 22.4 Å². The van der Waals surface area contributed by atoms with Gasteiger partial charge in [0.2, 0.25) is 5.91 Å². The molecule has 3 N–H and O–H groups in total. The van der Waals surface area contributed by atoms with Crippen molar-refractivity contribution in [3.05, 3.63) is 58.4 Å². The number of hydrogen-bond acceptors (Lipinski definition) is 5.